The van der Waals surface area contributed by atoms with Gasteiger partial charge < -0.3 is 14.4 Å². The Labute approximate surface area is 132 Å². The van der Waals surface area contributed by atoms with E-state index in [0.717, 1.165) is 24.0 Å². The van der Waals surface area contributed by atoms with Crippen molar-refractivity contribution in [3.8, 4) is 0 Å². The topological polar surface area (TPSA) is 71.3 Å². The molecule has 1 saturated heterocycles. The Morgan fingerprint density at radius 3 is 2.59 bits per heavy atom. The largest absolute Gasteiger partial charge is 0.343 e. The second-order valence-corrected chi connectivity index (χ2v) is 6.00. The van der Waals surface area contributed by atoms with Gasteiger partial charge in [-0.15, -0.1) is 0 Å². The number of aromatic nitrogens is 3. The number of carbonyl (C=O) groups is 1. The molecule has 0 aromatic carbocycles. The first-order valence-electron chi connectivity index (χ1n) is 7.06. The molecule has 1 amide bonds. The standard InChI is InChI=1S/C14H17N5O2S/c1-10-15-14(22-16-10)19-7-5-18(6-8-19)13(21)11-3-4-17(2)12(20)9-11/h3-4,9H,5-8H2,1-2H3. The lowest BCUT2D eigenvalue weighted by molar-refractivity contribution is 0.0746. The maximum Gasteiger partial charge on any atom is 0.254 e. The zero-order valence-corrected chi connectivity index (χ0v) is 13.3. The number of aryl methyl sites for hydroxylation is 2. The highest BCUT2D eigenvalue weighted by molar-refractivity contribution is 7.09. The molecule has 0 aliphatic carbocycles. The number of rotatable bonds is 2. The van der Waals surface area contributed by atoms with Gasteiger partial charge in [0.15, 0.2) is 0 Å². The summed E-state index contributed by atoms with van der Waals surface area (Å²) in [5, 5.41) is 0.901. The van der Waals surface area contributed by atoms with Crippen LogP contribution >= 0.6 is 11.5 Å². The van der Waals surface area contributed by atoms with Crippen LogP contribution in [0.5, 0.6) is 0 Å². The third-order valence-corrected chi connectivity index (χ3v) is 4.57. The van der Waals surface area contributed by atoms with E-state index in [-0.39, 0.29) is 11.5 Å². The molecule has 3 heterocycles. The van der Waals surface area contributed by atoms with Crippen LogP contribution in [0.4, 0.5) is 5.13 Å². The van der Waals surface area contributed by atoms with Crippen molar-refractivity contribution in [2.75, 3.05) is 31.1 Å². The third-order valence-electron chi connectivity index (χ3n) is 3.71. The van der Waals surface area contributed by atoms with Crippen LogP contribution < -0.4 is 10.5 Å². The van der Waals surface area contributed by atoms with Gasteiger partial charge in [0.05, 0.1) is 0 Å². The van der Waals surface area contributed by atoms with Crippen LogP contribution in [0, 0.1) is 6.92 Å². The molecule has 2 aromatic rings. The molecule has 0 saturated carbocycles. The Morgan fingerprint density at radius 1 is 1.27 bits per heavy atom. The Balaban J connectivity index is 1.66. The number of pyridine rings is 1. The van der Waals surface area contributed by atoms with Gasteiger partial charge in [0.2, 0.25) is 5.13 Å². The van der Waals surface area contributed by atoms with E-state index in [0.29, 0.717) is 18.7 Å². The van der Waals surface area contributed by atoms with Crippen LogP contribution in [-0.4, -0.2) is 50.9 Å². The smallest absolute Gasteiger partial charge is 0.254 e. The van der Waals surface area contributed by atoms with Crippen molar-refractivity contribution in [2.45, 2.75) is 6.92 Å². The molecule has 1 aliphatic rings. The quantitative estimate of drug-likeness (QED) is 0.806. The molecule has 2 aromatic heterocycles. The van der Waals surface area contributed by atoms with Crippen LogP contribution in [0.15, 0.2) is 23.1 Å². The fourth-order valence-corrected chi connectivity index (χ4v) is 3.11. The summed E-state index contributed by atoms with van der Waals surface area (Å²) in [6.45, 7) is 4.56. The van der Waals surface area contributed by atoms with Crippen LogP contribution in [-0.2, 0) is 7.05 Å². The zero-order valence-electron chi connectivity index (χ0n) is 12.5. The molecule has 0 atom stereocenters. The van der Waals surface area contributed by atoms with E-state index in [4.69, 9.17) is 0 Å². The van der Waals surface area contributed by atoms with Gasteiger partial charge in [-0.25, -0.2) is 4.98 Å². The first kappa shape index (κ1) is 14.7. The van der Waals surface area contributed by atoms with E-state index < -0.39 is 0 Å². The van der Waals surface area contributed by atoms with Crippen molar-refractivity contribution in [2.24, 2.45) is 7.05 Å². The molecule has 22 heavy (non-hydrogen) atoms. The molecule has 0 N–H and O–H groups in total. The van der Waals surface area contributed by atoms with Crippen molar-refractivity contribution in [3.05, 3.63) is 40.1 Å². The molecule has 3 rings (SSSR count). The van der Waals surface area contributed by atoms with Crippen molar-refractivity contribution in [1.82, 2.24) is 18.8 Å². The van der Waals surface area contributed by atoms with E-state index >= 15 is 0 Å². The second-order valence-electron chi connectivity index (χ2n) is 5.27. The second kappa shape index (κ2) is 5.88. The lowest BCUT2D eigenvalue weighted by atomic mass is 10.2. The molecule has 7 nitrogen and oxygen atoms in total. The fraction of sp³-hybridized carbons (Fsp3) is 0.429. The summed E-state index contributed by atoms with van der Waals surface area (Å²) in [5.41, 5.74) is 0.275. The Morgan fingerprint density at radius 2 is 2.00 bits per heavy atom. The average Bonchev–Trinajstić information content (AvgIpc) is 2.96. The minimum absolute atomic E-state index is 0.0919. The molecule has 0 bridgehead atoms. The monoisotopic (exact) mass is 319 g/mol. The number of carbonyl (C=O) groups excluding carboxylic acids is 1. The molecular formula is C14H17N5O2S. The summed E-state index contributed by atoms with van der Waals surface area (Å²) in [5.74, 6) is 0.685. The summed E-state index contributed by atoms with van der Waals surface area (Å²) < 4.78 is 5.63. The number of hydrogen-bond acceptors (Lipinski definition) is 6. The summed E-state index contributed by atoms with van der Waals surface area (Å²) in [6.07, 6.45) is 1.62. The average molecular weight is 319 g/mol. The van der Waals surface area contributed by atoms with Gasteiger partial charge in [-0.05, 0) is 13.0 Å². The first-order chi connectivity index (χ1) is 10.5. The molecule has 8 heteroatoms. The number of anilines is 1. The van der Waals surface area contributed by atoms with E-state index in [1.54, 1.807) is 24.2 Å². The Kier molecular flexibility index (Phi) is 3.93. The van der Waals surface area contributed by atoms with Gasteiger partial charge >= 0.3 is 0 Å². The summed E-state index contributed by atoms with van der Waals surface area (Å²) in [4.78, 5) is 32.4. The Hall–Kier alpha value is -2.22. The van der Waals surface area contributed by atoms with E-state index in [1.807, 2.05) is 6.92 Å². The summed E-state index contributed by atoms with van der Waals surface area (Å²) in [7, 11) is 1.67. The maximum atomic E-state index is 12.4. The third kappa shape index (κ3) is 2.87. The lowest BCUT2D eigenvalue weighted by Crippen LogP contribution is -2.49. The molecule has 116 valence electrons. The SMILES string of the molecule is Cc1nsc(N2CCN(C(=O)c3ccn(C)c(=O)c3)CC2)n1. The highest BCUT2D eigenvalue weighted by atomic mass is 32.1. The van der Waals surface area contributed by atoms with Gasteiger partial charge in [0, 0.05) is 62.6 Å². The molecule has 0 spiro atoms. The van der Waals surface area contributed by atoms with Crippen molar-refractivity contribution >= 4 is 22.6 Å². The predicted octanol–water partition coefficient (Wildman–Crippen LogP) is 0.508. The van der Waals surface area contributed by atoms with Crippen molar-refractivity contribution < 1.29 is 4.79 Å². The van der Waals surface area contributed by atoms with Crippen molar-refractivity contribution in [3.63, 3.8) is 0 Å². The maximum absolute atomic E-state index is 12.4. The Bertz CT molecular complexity index is 746. The van der Waals surface area contributed by atoms with Gasteiger partial charge in [0.1, 0.15) is 5.82 Å². The molecule has 1 aliphatic heterocycles. The van der Waals surface area contributed by atoms with E-state index in [9.17, 15) is 9.59 Å². The first-order valence-corrected chi connectivity index (χ1v) is 7.83. The molecule has 1 fully saturated rings. The normalized spacial score (nSPS) is 15.2. The van der Waals surface area contributed by atoms with Gasteiger partial charge in [-0.2, -0.15) is 4.37 Å². The minimum atomic E-state index is -0.172. The summed E-state index contributed by atoms with van der Waals surface area (Å²) in [6, 6.07) is 3.08. The van der Waals surface area contributed by atoms with Gasteiger partial charge in [-0.1, -0.05) is 0 Å². The highest BCUT2D eigenvalue weighted by Gasteiger charge is 2.24. The van der Waals surface area contributed by atoms with Gasteiger partial charge in [0.25, 0.3) is 11.5 Å². The minimum Gasteiger partial charge on any atom is -0.343 e. The number of amides is 1. The van der Waals surface area contributed by atoms with Crippen LogP contribution in [0.3, 0.4) is 0 Å². The van der Waals surface area contributed by atoms with E-state index in [2.05, 4.69) is 14.3 Å². The number of nitrogens with zero attached hydrogens (tertiary/aromatic N) is 5. The van der Waals surface area contributed by atoms with Crippen LogP contribution in [0.2, 0.25) is 0 Å². The molecular weight excluding hydrogens is 302 g/mol. The summed E-state index contributed by atoms with van der Waals surface area (Å²) >= 11 is 1.38. The van der Waals surface area contributed by atoms with Gasteiger partial charge in [-0.3, -0.25) is 9.59 Å². The van der Waals surface area contributed by atoms with Crippen LogP contribution in [0.1, 0.15) is 16.2 Å². The lowest BCUT2D eigenvalue weighted by Gasteiger charge is -2.34. The zero-order chi connectivity index (χ0) is 15.7. The predicted molar refractivity (Wildman–Crippen MR) is 84.4 cm³/mol. The number of hydrogen-bond donors (Lipinski definition) is 0. The van der Waals surface area contributed by atoms with Crippen LogP contribution in [0.25, 0.3) is 0 Å². The van der Waals surface area contributed by atoms with E-state index in [1.165, 1.54) is 22.2 Å². The highest BCUT2D eigenvalue weighted by Crippen LogP contribution is 2.19. The fourth-order valence-electron chi connectivity index (χ4n) is 2.38. The number of piperazine rings is 1. The molecule has 0 unspecified atom stereocenters. The molecule has 0 radical (unpaired) electrons. The van der Waals surface area contributed by atoms with Crippen molar-refractivity contribution in [1.29, 1.82) is 0 Å².